The Balaban J connectivity index is 0.000000288. The lowest BCUT2D eigenvalue weighted by Crippen LogP contribution is -2.34. The maximum absolute atomic E-state index is 13.8. The van der Waals surface area contributed by atoms with Gasteiger partial charge in [0.15, 0.2) is 0 Å². The molecule has 6 aromatic rings. The zero-order chi connectivity index (χ0) is 139. The van der Waals surface area contributed by atoms with Crippen LogP contribution in [-0.4, -0.2) is 157 Å². The highest BCUT2D eigenvalue weighted by Crippen LogP contribution is 2.39. The number of allylic oxidation sites excluding steroid dienone is 6. The molecule has 6 aliphatic rings. The Morgan fingerprint density at radius 1 is 0.297 bits per heavy atom. The third-order valence-corrected chi connectivity index (χ3v) is 26.6. The number of hydrogen-bond donors (Lipinski definition) is 6. The Bertz CT molecular complexity index is 8620. The summed E-state index contributed by atoms with van der Waals surface area (Å²) in [7, 11) is -30.8. The van der Waals surface area contributed by atoms with E-state index >= 15 is 0 Å². The molecule has 0 radical (unpaired) electrons. The highest BCUT2D eigenvalue weighted by molar-refractivity contribution is 7.95. The Hall–Kier alpha value is -9.60. The number of hydrogen-bond acceptors (Lipinski definition) is 24. The zero-order valence-corrected chi connectivity index (χ0v) is 80.8. The minimum absolute atomic E-state index is 0.0218. The Morgan fingerprint density at radius 3 is 0.841 bits per heavy atom. The molecule has 138 heavy (non-hydrogen) atoms. The fourth-order valence-corrected chi connectivity index (χ4v) is 19.8. The predicted molar refractivity (Wildman–Crippen MR) is 518 cm³/mol. The van der Waals surface area contributed by atoms with Crippen molar-refractivity contribution >= 4 is 200 Å². The molecule has 6 atom stereocenters. The second-order valence-electron chi connectivity index (χ2n) is 25.7. The van der Waals surface area contributed by atoms with Gasteiger partial charge in [0.1, 0.15) is 66.3 Å². The van der Waals surface area contributed by atoms with E-state index in [2.05, 4.69) is 4.74 Å². The topological polar surface area (TPSA) is 435 Å². The van der Waals surface area contributed by atoms with Crippen molar-refractivity contribution < 1.29 is 192 Å². The summed E-state index contributed by atoms with van der Waals surface area (Å²) in [5.41, 5.74) is -10.8. The number of esters is 6. The van der Waals surface area contributed by atoms with E-state index in [-0.39, 0.29) is 65.3 Å². The van der Waals surface area contributed by atoms with Gasteiger partial charge in [-0.05, 0) is 265 Å². The van der Waals surface area contributed by atoms with Crippen molar-refractivity contribution in [2.24, 2.45) is 0 Å². The van der Waals surface area contributed by atoms with Crippen LogP contribution in [0.15, 0.2) is 179 Å². The summed E-state index contributed by atoms with van der Waals surface area (Å²) in [6, 6.07) is -21.4. The summed E-state index contributed by atoms with van der Waals surface area (Å²) < 4.78 is 608. The molecule has 0 amide bonds. The van der Waals surface area contributed by atoms with Crippen molar-refractivity contribution in [1.29, 1.82) is 0 Å². The molecule has 0 aromatic heterocycles. The quantitative estimate of drug-likeness (QED) is 0.0139. The number of carbonyl (C=O) groups is 6. The minimum atomic E-state index is -5.39. The van der Waals surface area contributed by atoms with Gasteiger partial charge in [0.05, 0.1) is 170 Å². The van der Waals surface area contributed by atoms with E-state index in [1.54, 1.807) is 23.6 Å². The maximum atomic E-state index is 13.8. The molecule has 6 aliphatic carbocycles. The van der Waals surface area contributed by atoms with Crippen LogP contribution in [0.4, 0.5) is 60.5 Å². The van der Waals surface area contributed by atoms with Gasteiger partial charge in [0.25, 0.3) is 0 Å². The molecule has 6 N–H and O–H groups in total. The molecule has 48 heteroatoms. The highest BCUT2D eigenvalue weighted by atomic mass is 35.5. The smallest absolute Gasteiger partial charge is 0.335 e. The van der Waals surface area contributed by atoms with Crippen LogP contribution >= 0.6 is 69.6 Å². The van der Waals surface area contributed by atoms with Crippen LogP contribution in [0.1, 0.15) is 214 Å². The van der Waals surface area contributed by atoms with E-state index in [0.29, 0.717) is 12.2 Å². The van der Waals surface area contributed by atoms with E-state index in [9.17, 15) is 106 Å². The Morgan fingerprint density at radius 2 is 0.514 bits per heavy atom. The van der Waals surface area contributed by atoms with Gasteiger partial charge in [-0.15, -0.1) is 0 Å². The minimum Gasteiger partial charge on any atom is -0.463 e. The Labute approximate surface area is 887 Å². The molecular weight excluding hydrogens is 2070 g/mol. The first-order chi connectivity index (χ1) is 81.6. The normalized spacial score (nSPS) is 27.7. The third-order valence-electron chi connectivity index (χ3n) is 16.2. The van der Waals surface area contributed by atoms with E-state index in [4.69, 9.17) is 151 Å². The van der Waals surface area contributed by atoms with Gasteiger partial charge in [-0.3, -0.25) is 28.3 Å². The summed E-state index contributed by atoms with van der Waals surface area (Å²) in [5.74, 6) is -16.6. The van der Waals surface area contributed by atoms with Crippen molar-refractivity contribution in [3.8, 4) is 0 Å². The largest absolute Gasteiger partial charge is 0.463 e. The van der Waals surface area contributed by atoms with Crippen molar-refractivity contribution in [2.75, 3.05) is 68.0 Å². The summed E-state index contributed by atoms with van der Waals surface area (Å²) >= 11 is 34.6. The molecule has 0 saturated heterocycles. The molecule has 30 nitrogen and oxygen atoms in total. The third kappa shape index (κ3) is 33.8. The van der Waals surface area contributed by atoms with Gasteiger partial charge >= 0.3 is 35.8 Å². The maximum Gasteiger partial charge on any atom is 0.335 e. The number of halogens is 12. The van der Waals surface area contributed by atoms with Gasteiger partial charge in [-0.25, -0.2) is 106 Å². The summed E-state index contributed by atoms with van der Waals surface area (Å²) in [6.07, 6.45) is -27.4. The molecule has 0 unspecified atom stereocenters. The number of anilines is 6. The van der Waals surface area contributed by atoms with E-state index in [1.807, 2.05) is 4.72 Å². The first kappa shape index (κ1) is 67.0. The molecule has 0 heterocycles. The summed E-state index contributed by atoms with van der Waals surface area (Å²) in [6.45, 7) is 7.20. The fraction of sp³-hybridized carbons (Fsp3) is 0.400. The van der Waals surface area contributed by atoms with Gasteiger partial charge in [0.2, 0.25) is 60.1 Å². The monoisotopic (exact) mass is 2210 g/mol. The fourth-order valence-electron chi connectivity index (χ4n) is 10.6. The number of nitrogens with one attached hydrogen (secondary N) is 6. The number of ether oxygens (including phenoxy) is 6. The number of carbonyl (C=O) groups excluding carboxylic acids is 6. The number of benzene rings is 6. The molecule has 0 bridgehead atoms. The predicted octanol–water partition coefficient (Wildman–Crippen LogP) is 19.6. The van der Waals surface area contributed by atoms with Crippen LogP contribution in [0, 0.1) is 34.9 Å². The highest BCUT2D eigenvalue weighted by Gasteiger charge is 2.42. The van der Waals surface area contributed by atoms with Crippen LogP contribution in [0.25, 0.3) is 0 Å². The zero-order valence-electron chi connectivity index (χ0n) is 113. The average Bonchev–Trinajstić information content (AvgIpc) is 0.745. The number of rotatable bonds is 30. The summed E-state index contributed by atoms with van der Waals surface area (Å²) in [5, 5.41) is -22.1. The standard InChI is InChI=1S/6C15H17ClFNO4S/c6*1-2-22-15(19)11-5-3-4-6-14(11)23(20,21)18-13-8-7-10(17)9-12(13)16/h6*5,7-9,14,18H,2-4,6H2,1H3/t6*14-/m111111/s1/i5D,6D2,7D,8D,9D,14D;3D2,6D2,7D,8D,9D,14D;3D2,5D,6D2,7D,8D,9D;6D2,7D,8D,9D,14D;5D,6D2,7D,8D,9D;3D2,6D2,7D,8D,9D. The lowest BCUT2D eigenvalue weighted by Gasteiger charge is -2.24. The molecule has 0 fully saturated rings. The van der Waals surface area contributed by atoms with E-state index < -0.39 is 476 Å². The van der Waals surface area contributed by atoms with Crippen LogP contribution in [0.2, 0.25) is 30.1 Å². The van der Waals surface area contributed by atoms with Gasteiger partial charge in [0, 0.05) is 24.7 Å². The lowest BCUT2D eigenvalue weighted by atomic mass is 9.99. The van der Waals surface area contributed by atoms with Crippen LogP contribution < -0.4 is 28.3 Å². The lowest BCUT2D eigenvalue weighted by molar-refractivity contribution is -0.139. The van der Waals surface area contributed by atoms with Gasteiger partial charge in [-0.2, -0.15) is 0 Å². The SMILES string of the molecule is [2H]C1=C(C(=O)OCC)[C@H](S(=O)(=O)Nc2c([2H])c([2H])c(F)c([2H])c2Cl)C([2H])([2H])CC1.[2H]C1=C(C(=O)OCC)[C@H](S(=O)(=O)Nc2c([2H])c([2H])c(F)c([2H])c2Cl)C([2H])([2H])CC1([2H])[2H].[2H]C1=C(C(=O)OCC)[C@]([2H])(S(=O)(=O)Nc2c([2H])c([2H])c(F)c([2H])c2Cl)C([2H])([2H])CC1.[2H]c1c([2H])c(NS(=O)(=O)[C@@]2([2H])C(C(=O)OCC)=CC([2H])([2H])CC2([2H])[2H])c(Cl)c([2H])c1F.[2H]c1c([2H])c(NS(=O)(=O)[C@@]2([2H])C(C(=O)OCC)=CCCC2([2H])[2H])c(Cl)c([2H])c1F.[2H]c1c([2H])c(NS(=O)(=O)[C@H]2C(C(=O)OCC)=CC([2H])([2H])CC2([2H])[2H])c(Cl)c([2H])c1F. The molecule has 0 saturated carbocycles. The Kier molecular flexibility index (Phi) is 26.1. The molecule has 12 rings (SSSR count). The molecule has 0 aliphatic heterocycles. The molecular formula is C90H102Cl6F6N6O24S6. The van der Waals surface area contributed by atoms with E-state index in [0.717, 1.165) is 6.08 Å². The molecule has 756 valence electrons. The van der Waals surface area contributed by atoms with Crippen molar-refractivity contribution in [1.82, 2.24) is 0 Å². The second kappa shape index (κ2) is 53.9. The first-order valence-electron chi connectivity index (χ1n) is 59.7. The van der Waals surface area contributed by atoms with Crippen molar-refractivity contribution in [3.63, 3.8) is 0 Å². The number of sulfonamides is 6. The van der Waals surface area contributed by atoms with Crippen molar-refractivity contribution in [2.45, 2.75) is 188 Å². The van der Waals surface area contributed by atoms with Crippen LogP contribution in [0.3, 0.4) is 0 Å². The van der Waals surface area contributed by atoms with Crippen LogP contribution in [-0.2, 0) is 117 Å². The second-order valence-corrected chi connectivity index (χ2v) is 38.2. The van der Waals surface area contributed by atoms with Gasteiger partial charge in [-0.1, -0.05) is 106 Å². The van der Waals surface area contributed by atoms with Crippen LogP contribution in [0.5, 0.6) is 0 Å². The summed E-state index contributed by atoms with van der Waals surface area (Å²) in [4.78, 5) is 73.9. The van der Waals surface area contributed by atoms with Crippen molar-refractivity contribution in [3.05, 3.63) is 244 Å². The average molecular weight is 2210 g/mol. The molecule has 6 aromatic carbocycles. The first-order valence-corrected chi connectivity index (χ1v) is 50.1. The van der Waals surface area contributed by atoms with Gasteiger partial charge < -0.3 is 28.4 Å². The van der Waals surface area contributed by atoms with E-state index in [1.165, 1.54) is 41.5 Å². The molecule has 0 spiro atoms.